The summed E-state index contributed by atoms with van der Waals surface area (Å²) in [5.74, 6) is 0.893. The molecule has 0 radical (unpaired) electrons. The fourth-order valence-corrected chi connectivity index (χ4v) is 2.42. The van der Waals surface area contributed by atoms with Crippen LogP contribution in [-0.2, 0) is 4.74 Å². The van der Waals surface area contributed by atoms with Crippen LogP contribution < -0.4 is 10.5 Å². The summed E-state index contributed by atoms with van der Waals surface area (Å²) in [7, 11) is 3.79. The van der Waals surface area contributed by atoms with Gasteiger partial charge in [-0.15, -0.1) is 0 Å². The minimum atomic E-state index is 0.0675. The van der Waals surface area contributed by atoms with E-state index < -0.39 is 0 Å². The molecule has 2 atom stereocenters. The maximum absolute atomic E-state index is 6.34. The van der Waals surface area contributed by atoms with Gasteiger partial charge in [0.1, 0.15) is 5.75 Å². The van der Waals surface area contributed by atoms with E-state index in [9.17, 15) is 0 Å². The number of nitrogens with zero attached hydrogens (tertiary/aromatic N) is 1. The van der Waals surface area contributed by atoms with Gasteiger partial charge in [0.05, 0.1) is 19.8 Å². The smallest absolute Gasteiger partial charge is 0.123 e. The Morgan fingerprint density at radius 2 is 1.95 bits per heavy atom. The molecule has 0 saturated carbocycles. The van der Waals surface area contributed by atoms with Crippen molar-refractivity contribution in [3.05, 3.63) is 29.8 Å². The summed E-state index contributed by atoms with van der Waals surface area (Å²) in [5, 5.41) is 0. The van der Waals surface area contributed by atoms with E-state index in [1.54, 1.807) is 7.11 Å². The minimum absolute atomic E-state index is 0.0675. The van der Waals surface area contributed by atoms with Crippen molar-refractivity contribution in [2.75, 3.05) is 33.9 Å². The average molecular weight is 280 g/mol. The van der Waals surface area contributed by atoms with E-state index in [4.69, 9.17) is 15.2 Å². The van der Waals surface area contributed by atoms with Crippen molar-refractivity contribution < 1.29 is 9.47 Å². The van der Waals surface area contributed by atoms with E-state index in [2.05, 4.69) is 24.9 Å². The third-order valence-corrected chi connectivity index (χ3v) is 3.60. The molecule has 0 aliphatic carbocycles. The summed E-state index contributed by atoms with van der Waals surface area (Å²) in [6, 6.07) is 8.30. The van der Waals surface area contributed by atoms with Gasteiger partial charge in [0.2, 0.25) is 0 Å². The number of hydrogen-bond acceptors (Lipinski definition) is 4. The lowest BCUT2D eigenvalue weighted by Crippen LogP contribution is -2.40. The molecule has 0 saturated heterocycles. The van der Waals surface area contributed by atoms with Crippen LogP contribution in [0.25, 0.3) is 0 Å². The fraction of sp³-hybridized carbons (Fsp3) is 0.625. The highest BCUT2D eigenvalue weighted by Crippen LogP contribution is 2.31. The van der Waals surface area contributed by atoms with Crippen molar-refractivity contribution in [1.29, 1.82) is 0 Å². The van der Waals surface area contributed by atoms with Crippen molar-refractivity contribution >= 4 is 0 Å². The van der Waals surface area contributed by atoms with Crippen LogP contribution in [0.1, 0.15) is 31.9 Å². The molecule has 0 spiro atoms. The number of para-hydroxylation sites is 1. The summed E-state index contributed by atoms with van der Waals surface area (Å²) in [6.07, 6.45) is 0.918. The molecule has 2 unspecified atom stereocenters. The molecule has 0 amide bonds. The molecule has 0 fully saturated rings. The topological polar surface area (TPSA) is 47.7 Å². The number of rotatable bonds is 9. The Morgan fingerprint density at radius 1 is 1.25 bits per heavy atom. The first kappa shape index (κ1) is 17.0. The van der Waals surface area contributed by atoms with E-state index in [0.29, 0.717) is 0 Å². The van der Waals surface area contributed by atoms with Crippen LogP contribution >= 0.6 is 0 Å². The molecule has 0 bridgehead atoms. The van der Waals surface area contributed by atoms with Gasteiger partial charge < -0.3 is 15.2 Å². The second kappa shape index (κ2) is 8.95. The van der Waals surface area contributed by atoms with Gasteiger partial charge in [-0.1, -0.05) is 25.1 Å². The molecule has 1 rings (SSSR count). The largest absolute Gasteiger partial charge is 0.496 e. The van der Waals surface area contributed by atoms with Crippen molar-refractivity contribution in [3.63, 3.8) is 0 Å². The number of nitrogens with two attached hydrogens (primary N) is 1. The Morgan fingerprint density at radius 3 is 2.55 bits per heavy atom. The van der Waals surface area contributed by atoms with Crippen LogP contribution in [0, 0.1) is 0 Å². The van der Waals surface area contributed by atoms with Gasteiger partial charge in [0.15, 0.2) is 0 Å². The Hall–Kier alpha value is -1.10. The molecule has 20 heavy (non-hydrogen) atoms. The maximum Gasteiger partial charge on any atom is 0.123 e. The van der Waals surface area contributed by atoms with Gasteiger partial charge >= 0.3 is 0 Å². The van der Waals surface area contributed by atoms with Gasteiger partial charge in [-0.3, -0.25) is 4.90 Å². The Kier molecular flexibility index (Phi) is 7.59. The zero-order valence-electron chi connectivity index (χ0n) is 13.1. The highest BCUT2D eigenvalue weighted by atomic mass is 16.5. The first-order valence-electron chi connectivity index (χ1n) is 7.32. The van der Waals surface area contributed by atoms with Crippen molar-refractivity contribution in [2.24, 2.45) is 5.73 Å². The van der Waals surface area contributed by atoms with Gasteiger partial charge in [-0.05, 0) is 26.5 Å². The third-order valence-electron chi connectivity index (χ3n) is 3.60. The van der Waals surface area contributed by atoms with E-state index in [0.717, 1.165) is 37.5 Å². The Labute approximate surface area is 122 Å². The van der Waals surface area contributed by atoms with Gasteiger partial charge in [0.25, 0.3) is 0 Å². The van der Waals surface area contributed by atoms with Crippen LogP contribution in [0.3, 0.4) is 0 Å². The van der Waals surface area contributed by atoms with Crippen LogP contribution in [0.5, 0.6) is 5.75 Å². The zero-order valence-corrected chi connectivity index (χ0v) is 13.1. The van der Waals surface area contributed by atoms with Crippen molar-refractivity contribution in [3.8, 4) is 5.75 Å². The SMILES string of the molecule is CCOCCN(C)C(c1ccccc1OC)C(N)CC. The summed E-state index contributed by atoms with van der Waals surface area (Å²) >= 11 is 0. The molecular formula is C16H28N2O2. The summed E-state index contributed by atoms with van der Waals surface area (Å²) in [5.41, 5.74) is 7.48. The zero-order chi connectivity index (χ0) is 15.0. The minimum Gasteiger partial charge on any atom is -0.496 e. The van der Waals surface area contributed by atoms with Gasteiger partial charge in [-0.2, -0.15) is 0 Å². The second-order valence-corrected chi connectivity index (χ2v) is 4.94. The van der Waals surface area contributed by atoms with Crippen LogP contribution in [-0.4, -0.2) is 44.9 Å². The number of ether oxygens (including phenoxy) is 2. The molecule has 1 aromatic carbocycles. The first-order chi connectivity index (χ1) is 9.65. The average Bonchev–Trinajstić information content (AvgIpc) is 2.48. The Balaban J connectivity index is 2.93. The molecule has 2 N–H and O–H groups in total. The lowest BCUT2D eigenvalue weighted by molar-refractivity contribution is 0.0997. The molecule has 0 aliphatic heterocycles. The standard InChI is InChI=1S/C16H28N2O2/c1-5-14(17)16(18(3)11-12-20-6-2)13-9-7-8-10-15(13)19-4/h7-10,14,16H,5-6,11-12,17H2,1-4H3. The van der Waals surface area contributed by atoms with Gasteiger partial charge in [-0.25, -0.2) is 0 Å². The third kappa shape index (κ3) is 4.47. The van der Waals surface area contributed by atoms with E-state index in [1.807, 2.05) is 25.1 Å². The highest BCUT2D eigenvalue weighted by Gasteiger charge is 2.25. The lowest BCUT2D eigenvalue weighted by atomic mass is 9.96. The first-order valence-corrected chi connectivity index (χ1v) is 7.32. The van der Waals surface area contributed by atoms with Crippen molar-refractivity contribution in [1.82, 2.24) is 4.90 Å². The van der Waals surface area contributed by atoms with Crippen LogP contribution in [0.2, 0.25) is 0 Å². The molecule has 0 heterocycles. The maximum atomic E-state index is 6.34. The molecule has 1 aromatic rings. The van der Waals surface area contributed by atoms with Crippen LogP contribution in [0.15, 0.2) is 24.3 Å². The second-order valence-electron chi connectivity index (χ2n) is 4.94. The van der Waals surface area contributed by atoms with Gasteiger partial charge in [0, 0.05) is 24.8 Å². The number of hydrogen-bond donors (Lipinski definition) is 1. The molecule has 4 heteroatoms. The molecule has 0 aromatic heterocycles. The van der Waals surface area contributed by atoms with Crippen LogP contribution in [0.4, 0.5) is 0 Å². The van der Waals surface area contributed by atoms with E-state index >= 15 is 0 Å². The number of benzene rings is 1. The van der Waals surface area contributed by atoms with Crippen molar-refractivity contribution in [2.45, 2.75) is 32.4 Å². The monoisotopic (exact) mass is 280 g/mol. The highest BCUT2D eigenvalue weighted by molar-refractivity contribution is 5.36. The summed E-state index contributed by atoms with van der Waals surface area (Å²) < 4.78 is 10.9. The normalized spacial score (nSPS) is 14.3. The predicted molar refractivity (Wildman–Crippen MR) is 83.1 cm³/mol. The van der Waals surface area contributed by atoms with E-state index in [-0.39, 0.29) is 12.1 Å². The van der Waals surface area contributed by atoms with E-state index in [1.165, 1.54) is 0 Å². The molecule has 0 aliphatic rings. The molecule has 114 valence electrons. The lowest BCUT2D eigenvalue weighted by Gasteiger charge is -2.33. The number of methoxy groups -OCH3 is 1. The fourth-order valence-electron chi connectivity index (χ4n) is 2.42. The molecular weight excluding hydrogens is 252 g/mol. The quantitative estimate of drug-likeness (QED) is 0.706. The number of likely N-dealkylation sites (N-methyl/N-ethyl adjacent to an activating group) is 1. The summed E-state index contributed by atoms with van der Waals surface area (Å²) in [6.45, 7) is 6.44. The Bertz CT molecular complexity index is 384. The predicted octanol–water partition coefficient (Wildman–Crippen LogP) is 2.44. The molecule has 4 nitrogen and oxygen atoms in total. The summed E-state index contributed by atoms with van der Waals surface area (Å²) in [4.78, 5) is 2.25.